The average molecular weight is 295 g/mol. The Morgan fingerprint density at radius 1 is 1.43 bits per heavy atom. The highest BCUT2D eigenvalue weighted by Crippen LogP contribution is 2.22. The molecular formula is C14H21N3O4. The van der Waals surface area contributed by atoms with Gasteiger partial charge in [-0.25, -0.2) is 4.79 Å². The Balaban J connectivity index is 2.63. The van der Waals surface area contributed by atoms with E-state index in [1.165, 1.54) is 6.07 Å². The highest BCUT2D eigenvalue weighted by atomic mass is 16.6. The number of benzene rings is 1. The number of nitrogens with one attached hydrogen (secondary N) is 2. The number of anilines is 1. The Kier molecular flexibility index (Phi) is 5.66. The number of urea groups is 1. The van der Waals surface area contributed by atoms with E-state index >= 15 is 0 Å². The molecule has 0 unspecified atom stereocenters. The quantitative estimate of drug-likeness (QED) is 0.553. The van der Waals surface area contributed by atoms with Gasteiger partial charge in [-0.3, -0.25) is 10.1 Å². The van der Waals surface area contributed by atoms with E-state index in [2.05, 4.69) is 10.6 Å². The van der Waals surface area contributed by atoms with Crippen molar-refractivity contribution in [3.8, 4) is 0 Å². The molecule has 1 rings (SSSR count). The second-order valence-electron chi connectivity index (χ2n) is 5.70. The van der Waals surface area contributed by atoms with Gasteiger partial charge in [-0.15, -0.1) is 0 Å². The van der Waals surface area contributed by atoms with Gasteiger partial charge in [0, 0.05) is 30.5 Å². The van der Waals surface area contributed by atoms with Crippen LogP contribution < -0.4 is 10.6 Å². The van der Waals surface area contributed by atoms with E-state index in [9.17, 15) is 14.9 Å². The van der Waals surface area contributed by atoms with E-state index in [1.54, 1.807) is 19.1 Å². The summed E-state index contributed by atoms with van der Waals surface area (Å²) >= 11 is 0. The summed E-state index contributed by atoms with van der Waals surface area (Å²) in [6.07, 6.45) is 0.573. The van der Waals surface area contributed by atoms with Crippen LogP contribution in [0.25, 0.3) is 0 Å². The van der Waals surface area contributed by atoms with Crippen molar-refractivity contribution in [1.29, 1.82) is 0 Å². The first-order chi connectivity index (χ1) is 9.75. The highest BCUT2D eigenvalue weighted by Gasteiger charge is 2.18. The fraction of sp³-hybridized carbons (Fsp3) is 0.500. The lowest BCUT2D eigenvalue weighted by Crippen LogP contribution is -2.37. The van der Waals surface area contributed by atoms with Gasteiger partial charge in [-0.05, 0) is 24.8 Å². The van der Waals surface area contributed by atoms with E-state index in [1.807, 2.05) is 13.8 Å². The first-order valence-corrected chi connectivity index (χ1v) is 6.66. The molecule has 1 aromatic carbocycles. The number of carbonyl (C=O) groups excluding carboxylic acids is 1. The third-order valence-electron chi connectivity index (χ3n) is 3.18. The Bertz CT molecular complexity index is 529. The van der Waals surface area contributed by atoms with E-state index in [0.29, 0.717) is 24.2 Å². The van der Waals surface area contributed by atoms with Crippen LogP contribution in [-0.4, -0.2) is 29.2 Å². The van der Waals surface area contributed by atoms with Crippen LogP contribution in [0.2, 0.25) is 0 Å². The summed E-state index contributed by atoms with van der Waals surface area (Å²) in [5.74, 6) is 0. The van der Waals surface area contributed by atoms with Crippen molar-refractivity contribution in [2.45, 2.75) is 27.2 Å². The molecule has 0 aliphatic rings. The summed E-state index contributed by atoms with van der Waals surface area (Å²) in [6, 6.07) is 4.09. The number of rotatable bonds is 6. The van der Waals surface area contributed by atoms with Crippen LogP contribution >= 0.6 is 0 Å². The molecular weight excluding hydrogens is 274 g/mol. The normalized spacial score (nSPS) is 11.0. The zero-order chi connectivity index (χ0) is 16.0. The van der Waals surface area contributed by atoms with Crippen LogP contribution in [0.3, 0.4) is 0 Å². The maximum atomic E-state index is 11.8. The Hall–Kier alpha value is -2.15. The molecule has 0 heterocycles. The number of nitrogens with zero attached hydrogens (tertiary/aromatic N) is 1. The van der Waals surface area contributed by atoms with Gasteiger partial charge in [0.1, 0.15) is 0 Å². The minimum Gasteiger partial charge on any atom is -0.396 e. The molecule has 0 aromatic heterocycles. The van der Waals surface area contributed by atoms with Crippen molar-refractivity contribution in [3.63, 3.8) is 0 Å². The number of carbonyl (C=O) groups is 1. The molecule has 7 heteroatoms. The highest BCUT2D eigenvalue weighted by molar-refractivity contribution is 5.89. The van der Waals surface area contributed by atoms with E-state index in [-0.39, 0.29) is 17.7 Å². The van der Waals surface area contributed by atoms with Crippen LogP contribution in [0, 0.1) is 22.5 Å². The number of amides is 2. The topological polar surface area (TPSA) is 104 Å². The third kappa shape index (κ3) is 5.39. The van der Waals surface area contributed by atoms with E-state index < -0.39 is 11.0 Å². The Morgan fingerprint density at radius 3 is 2.67 bits per heavy atom. The van der Waals surface area contributed by atoms with Crippen LogP contribution in [0.15, 0.2) is 18.2 Å². The molecule has 7 nitrogen and oxygen atoms in total. The second-order valence-corrected chi connectivity index (χ2v) is 5.70. The number of hydrogen-bond donors (Lipinski definition) is 3. The molecule has 1 aromatic rings. The van der Waals surface area contributed by atoms with Crippen molar-refractivity contribution < 1.29 is 14.8 Å². The number of hydrogen-bond acceptors (Lipinski definition) is 4. The standard InChI is InChI=1S/C14H21N3O4/c1-10-4-5-11(8-12(10)17(20)21)16-13(19)15-9-14(2,3)6-7-18/h4-5,8,18H,6-7,9H2,1-3H3,(H2,15,16,19). The number of nitro benzene ring substituents is 1. The third-order valence-corrected chi connectivity index (χ3v) is 3.18. The Morgan fingerprint density at radius 2 is 2.10 bits per heavy atom. The van der Waals surface area contributed by atoms with Crippen LogP contribution in [0.1, 0.15) is 25.8 Å². The second kappa shape index (κ2) is 7.03. The van der Waals surface area contributed by atoms with E-state index in [4.69, 9.17) is 5.11 Å². The number of nitro groups is 1. The molecule has 3 N–H and O–H groups in total. The summed E-state index contributed by atoms with van der Waals surface area (Å²) in [7, 11) is 0. The predicted octanol–water partition coefficient (Wildman–Crippen LogP) is 2.43. The minimum atomic E-state index is -0.483. The molecule has 0 saturated carbocycles. The van der Waals surface area contributed by atoms with E-state index in [0.717, 1.165) is 0 Å². The van der Waals surface area contributed by atoms with Gasteiger partial charge in [0.15, 0.2) is 0 Å². The molecule has 2 amide bonds. The maximum Gasteiger partial charge on any atom is 0.319 e. The summed E-state index contributed by atoms with van der Waals surface area (Å²) in [5, 5.41) is 25.0. The first-order valence-electron chi connectivity index (χ1n) is 6.66. The molecule has 0 atom stereocenters. The fourth-order valence-electron chi connectivity index (χ4n) is 1.77. The first kappa shape index (κ1) is 16.9. The molecule has 0 spiro atoms. The average Bonchev–Trinajstić information content (AvgIpc) is 2.38. The number of aliphatic hydroxyl groups excluding tert-OH is 1. The SMILES string of the molecule is Cc1ccc(NC(=O)NCC(C)(C)CCO)cc1[N+](=O)[O-]. The van der Waals surface area contributed by atoms with Gasteiger partial charge in [-0.2, -0.15) is 0 Å². The van der Waals surface area contributed by atoms with Crippen molar-refractivity contribution >= 4 is 17.4 Å². The van der Waals surface area contributed by atoms with Crippen LogP contribution in [-0.2, 0) is 0 Å². The number of aryl methyl sites for hydroxylation is 1. The molecule has 21 heavy (non-hydrogen) atoms. The van der Waals surface area contributed by atoms with Crippen LogP contribution in [0.5, 0.6) is 0 Å². The minimum absolute atomic E-state index is 0.0339. The summed E-state index contributed by atoms with van der Waals surface area (Å²) in [5.41, 5.74) is 0.652. The summed E-state index contributed by atoms with van der Waals surface area (Å²) in [4.78, 5) is 22.1. The zero-order valence-electron chi connectivity index (χ0n) is 12.5. The van der Waals surface area contributed by atoms with Gasteiger partial charge in [-0.1, -0.05) is 19.9 Å². The van der Waals surface area contributed by atoms with Gasteiger partial charge in [0.05, 0.1) is 4.92 Å². The zero-order valence-corrected chi connectivity index (χ0v) is 12.5. The van der Waals surface area contributed by atoms with Gasteiger partial charge in [0.2, 0.25) is 0 Å². The largest absolute Gasteiger partial charge is 0.396 e. The summed E-state index contributed by atoms with van der Waals surface area (Å²) < 4.78 is 0. The van der Waals surface area contributed by atoms with Crippen molar-refractivity contribution in [1.82, 2.24) is 5.32 Å². The van der Waals surface area contributed by atoms with Crippen molar-refractivity contribution in [2.75, 3.05) is 18.5 Å². The smallest absolute Gasteiger partial charge is 0.319 e. The lowest BCUT2D eigenvalue weighted by molar-refractivity contribution is -0.385. The number of aliphatic hydroxyl groups is 1. The molecule has 0 aliphatic heterocycles. The molecule has 0 fully saturated rings. The maximum absolute atomic E-state index is 11.8. The summed E-state index contributed by atoms with van der Waals surface area (Å²) in [6.45, 7) is 5.95. The lowest BCUT2D eigenvalue weighted by atomic mass is 9.90. The van der Waals surface area contributed by atoms with Gasteiger partial charge < -0.3 is 15.7 Å². The van der Waals surface area contributed by atoms with Crippen molar-refractivity contribution in [3.05, 3.63) is 33.9 Å². The fourth-order valence-corrected chi connectivity index (χ4v) is 1.77. The van der Waals surface area contributed by atoms with Gasteiger partial charge in [0.25, 0.3) is 5.69 Å². The molecule has 0 saturated heterocycles. The molecule has 0 bridgehead atoms. The monoisotopic (exact) mass is 295 g/mol. The molecule has 116 valence electrons. The van der Waals surface area contributed by atoms with Gasteiger partial charge >= 0.3 is 6.03 Å². The van der Waals surface area contributed by atoms with Crippen LogP contribution in [0.4, 0.5) is 16.2 Å². The Labute approximate surface area is 123 Å². The lowest BCUT2D eigenvalue weighted by Gasteiger charge is -2.23. The molecule has 0 radical (unpaired) electrons. The predicted molar refractivity (Wildman–Crippen MR) is 80.3 cm³/mol. The molecule has 0 aliphatic carbocycles. The van der Waals surface area contributed by atoms with Crippen molar-refractivity contribution in [2.24, 2.45) is 5.41 Å².